The molecular weight excluding hydrogens is 311 g/mol. The lowest BCUT2D eigenvalue weighted by Gasteiger charge is -2.34. The topological polar surface area (TPSA) is 15.3 Å². The minimum atomic E-state index is -0.144. The Balaban J connectivity index is 1.21. The number of nitrogens with zero attached hydrogens (tertiary/aromatic N) is 1. The summed E-state index contributed by atoms with van der Waals surface area (Å²) in [6.45, 7) is 5.56. The summed E-state index contributed by atoms with van der Waals surface area (Å²) in [6.07, 6.45) is 3.71. The Kier molecular flexibility index (Phi) is 4.76. The number of hydrogen-bond donors (Lipinski definition) is 1. The first-order chi connectivity index (χ1) is 12.2. The highest BCUT2D eigenvalue weighted by Gasteiger charge is 2.38. The molecule has 0 radical (unpaired) electrons. The fourth-order valence-corrected chi connectivity index (χ4v) is 3.97. The van der Waals surface area contributed by atoms with Crippen LogP contribution < -0.4 is 10.2 Å². The molecule has 2 atom stereocenters. The van der Waals surface area contributed by atoms with Gasteiger partial charge in [-0.25, -0.2) is 4.39 Å². The van der Waals surface area contributed by atoms with Crippen molar-refractivity contribution in [1.29, 1.82) is 0 Å². The van der Waals surface area contributed by atoms with Crippen LogP contribution in [0.15, 0.2) is 48.5 Å². The summed E-state index contributed by atoms with van der Waals surface area (Å²) in [4.78, 5) is 2.51. The van der Waals surface area contributed by atoms with Crippen molar-refractivity contribution in [3.8, 4) is 0 Å². The number of piperidine rings is 1. The summed E-state index contributed by atoms with van der Waals surface area (Å²) < 4.78 is 13.0. The lowest BCUT2D eigenvalue weighted by atomic mass is 9.96. The molecule has 3 heteroatoms. The Morgan fingerprint density at radius 2 is 1.68 bits per heavy atom. The number of anilines is 1. The lowest BCUT2D eigenvalue weighted by molar-refractivity contribution is 0.381. The van der Waals surface area contributed by atoms with Crippen molar-refractivity contribution >= 4 is 5.69 Å². The molecule has 0 aromatic heterocycles. The average Bonchev–Trinajstić information content (AvgIpc) is 3.41. The van der Waals surface area contributed by atoms with Crippen LogP contribution in [0, 0.1) is 18.7 Å². The summed E-state index contributed by atoms with van der Waals surface area (Å²) in [5.74, 6) is 1.21. The number of benzene rings is 2. The summed E-state index contributed by atoms with van der Waals surface area (Å²) in [6, 6.07) is 16.5. The van der Waals surface area contributed by atoms with Gasteiger partial charge in [0.05, 0.1) is 0 Å². The van der Waals surface area contributed by atoms with E-state index in [2.05, 4.69) is 41.4 Å². The number of halogens is 1. The van der Waals surface area contributed by atoms with Crippen molar-refractivity contribution in [2.45, 2.75) is 38.1 Å². The molecule has 4 rings (SSSR count). The molecule has 25 heavy (non-hydrogen) atoms. The Morgan fingerprint density at radius 1 is 1.00 bits per heavy atom. The van der Waals surface area contributed by atoms with E-state index in [4.69, 9.17) is 0 Å². The first-order valence-electron chi connectivity index (χ1n) is 9.49. The smallest absolute Gasteiger partial charge is 0.123 e. The lowest BCUT2D eigenvalue weighted by Crippen LogP contribution is -2.37. The van der Waals surface area contributed by atoms with E-state index in [9.17, 15) is 4.39 Å². The molecule has 1 aliphatic carbocycles. The molecule has 2 unspecified atom stereocenters. The maximum absolute atomic E-state index is 13.0. The van der Waals surface area contributed by atoms with Gasteiger partial charge in [0.2, 0.25) is 0 Å². The van der Waals surface area contributed by atoms with E-state index in [1.807, 2.05) is 12.1 Å². The largest absolute Gasteiger partial charge is 0.372 e. The van der Waals surface area contributed by atoms with E-state index in [0.717, 1.165) is 25.6 Å². The zero-order valence-electron chi connectivity index (χ0n) is 14.9. The fourth-order valence-electron chi connectivity index (χ4n) is 3.97. The SMILES string of the molecule is Cc1ccc(N2CCC(CNC3CC3c3ccc(F)cc3)CC2)cc1. The molecule has 2 aromatic rings. The van der Waals surface area contributed by atoms with E-state index in [-0.39, 0.29) is 5.82 Å². The third-order valence-electron chi connectivity index (χ3n) is 5.77. The quantitative estimate of drug-likeness (QED) is 0.864. The van der Waals surface area contributed by atoms with Gasteiger partial charge < -0.3 is 10.2 Å². The van der Waals surface area contributed by atoms with Crippen molar-refractivity contribution in [2.24, 2.45) is 5.92 Å². The van der Waals surface area contributed by atoms with Crippen LogP contribution in [0.5, 0.6) is 0 Å². The second-order valence-corrected chi connectivity index (χ2v) is 7.67. The van der Waals surface area contributed by atoms with Gasteiger partial charge in [-0.05, 0) is 68.5 Å². The number of aryl methyl sites for hydroxylation is 1. The van der Waals surface area contributed by atoms with Crippen molar-refractivity contribution < 1.29 is 4.39 Å². The van der Waals surface area contributed by atoms with Crippen molar-refractivity contribution in [1.82, 2.24) is 5.32 Å². The predicted molar refractivity (Wildman–Crippen MR) is 102 cm³/mol. The minimum Gasteiger partial charge on any atom is -0.372 e. The van der Waals surface area contributed by atoms with Crippen molar-refractivity contribution in [3.05, 3.63) is 65.5 Å². The predicted octanol–water partition coefficient (Wildman–Crippen LogP) is 4.50. The highest BCUT2D eigenvalue weighted by molar-refractivity contribution is 5.47. The third-order valence-corrected chi connectivity index (χ3v) is 5.77. The first-order valence-corrected chi connectivity index (χ1v) is 9.49. The molecule has 2 aromatic carbocycles. The van der Waals surface area contributed by atoms with Crippen molar-refractivity contribution in [2.75, 3.05) is 24.5 Å². The maximum atomic E-state index is 13.0. The number of nitrogens with one attached hydrogen (secondary N) is 1. The number of rotatable bonds is 5. The Bertz CT molecular complexity index is 687. The van der Waals surface area contributed by atoms with Crippen LogP contribution in [0.2, 0.25) is 0 Å². The molecule has 1 saturated carbocycles. The Labute approximate surface area is 150 Å². The molecule has 0 bridgehead atoms. The van der Waals surface area contributed by atoms with E-state index >= 15 is 0 Å². The van der Waals surface area contributed by atoms with Crippen LogP contribution in [-0.2, 0) is 0 Å². The average molecular weight is 338 g/mol. The van der Waals surface area contributed by atoms with Gasteiger partial charge in [0.25, 0.3) is 0 Å². The van der Waals surface area contributed by atoms with Crippen LogP contribution in [0.1, 0.15) is 36.3 Å². The van der Waals surface area contributed by atoms with Gasteiger partial charge in [-0.3, -0.25) is 0 Å². The molecular formula is C22H27FN2. The third kappa shape index (κ3) is 4.04. The van der Waals surface area contributed by atoms with E-state index in [1.165, 1.54) is 36.1 Å². The van der Waals surface area contributed by atoms with Crippen LogP contribution in [-0.4, -0.2) is 25.7 Å². The zero-order valence-corrected chi connectivity index (χ0v) is 14.9. The number of hydrogen-bond acceptors (Lipinski definition) is 2. The monoisotopic (exact) mass is 338 g/mol. The summed E-state index contributed by atoms with van der Waals surface area (Å²) in [7, 11) is 0. The molecule has 2 fully saturated rings. The second-order valence-electron chi connectivity index (χ2n) is 7.67. The van der Waals surface area contributed by atoms with Crippen LogP contribution >= 0.6 is 0 Å². The molecule has 1 saturated heterocycles. The van der Waals surface area contributed by atoms with E-state index < -0.39 is 0 Å². The molecule has 0 spiro atoms. The molecule has 1 N–H and O–H groups in total. The van der Waals surface area contributed by atoms with Gasteiger partial charge in [-0.15, -0.1) is 0 Å². The fraction of sp³-hybridized carbons (Fsp3) is 0.455. The minimum absolute atomic E-state index is 0.144. The standard InChI is InChI=1S/C22H27FN2/c1-16-2-8-20(9-3-16)25-12-10-17(11-13-25)15-24-22-14-21(22)18-4-6-19(23)7-5-18/h2-9,17,21-22,24H,10-15H2,1H3. The van der Waals surface area contributed by atoms with Gasteiger partial charge in [-0.2, -0.15) is 0 Å². The summed E-state index contributed by atoms with van der Waals surface area (Å²) in [5.41, 5.74) is 3.95. The zero-order chi connectivity index (χ0) is 17.2. The second kappa shape index (κ2) is 7.17. The van der Waals surface area contributed by atoms with Gasteiger partial charge in [0.15, 0.2) is 0 Å². The molecule has 2 nitrogen and oxygen atoms in total. The van der Waals surface area contributed by atoms with Crippen molar-refractivity contribution in [3.63, 3.8) is 0 Å². The first kappa shape index (κ1) is 16.6. The maximum Gasteiger partial charge on any atom is 0.123 e. The molecule has 132 valence electrons. The van der Waals surface area contributed by atoms with Gasteiger partial charge >= 0.3 is 0 Å². The van der Waals surface area contributed by atoms with Gasteiger partial charge in [0, 0.05) is 30.7 Å². The van der Waals surface area contributed by atoms with E-state index in [0.29, 0.717) is 12.0 Å². The van der Waals surface area contributed by atoms with Crippen LogP contribution in [0.25, 0.3) is 0 Å². The molecule has 1 heterocycles. The molecule has 1 aliphatic heterocycles. The molecule has 0 amide bonds. The molecule has 2 aliphatic rings. The Morgan fingerprint density at radius 3 is 2.36 bits per heavy atom. The highest BCUT2D eigenvalue weighted by Crippen LogP contribution is 2.41. The van der Waals surface area contributed by atoms with Crippen LogP contribution in [0.4, 0.5) is 10.1 Å². The van der Waals surface area contributed by atoms with Gasteiger partial charge in [-0.1, -0.05) is 29.8 Å². The van der Waals surface area contributed by atoms with Gasteiger partial charge in [0.1, 0.15) is 5.82 Å². The highest BCUT2D eigenvalue weighted by atomic mass is 19.1. The summed E-state index contributed by atoms with van der Waals surface area (Å²) in [5, 5.41) is 3.74. The van der Waals surface area contributed by atoms with Crippen LogP contribution in [0.3, 0.4) is 0 Å². The Hall–Kier alpha value is -1.87. The van der Waals surface area contributed by atoms with E-state index in [1.54, 1.807) is 12.1 Å². The summed E-state index contributed by atoms with van der Waals surface area (Å²) >= 11 is 0. The normalized spacial score (nSPS) is 23.7.